The number of carbonyl (C=O) groups is 2. The van der Waals surface area contributed by atoms with Gasteiger partial charge in [-0.05, 0) is 31.0 Å². The molecule has 2 heterocycles. The Morgan fingerprint density at radius 2 is 1.89 bits per heavy atom. The summed E-state index contributed by atoms with van der Waals surface area (Å²) < 4.78 is 50.6. The molecule has 8 nitrogen and oxygen atoms in total. The lowest BCUT2D eigenvalue weighted by atomic mass is 9.70. The maximum Gasteiger partial charge on any atom is 0.417 e. The molecule has 1 atom stereocenters. The first-order valence-corrected chi connectivity index (χ1v) is 11.5. The molecule has 35 heavy (non-hydrogen) atoms. The number of nitrogens with one attached hydrogen (secondary N) is 1. The summed E-state index contributed by atoms with van der Waals surface area (Å²) in [5.74, 6) is -0.645. The van der Waals surface area contributed by atoms with Gasteiger partial charge in [0.1, 0.15) is 0 Å². The molecule has 11 heteroatoms. The highest BCUT2D eigenvalue weighted by Gasteiger charge is 2.51. The highest BCUT2D eigenvalue weighted by Crippen LogP contribution is 2.47. The van der Waals surface area contributed by atoms with Crippen LogP contribution in [0.3, 0.4) is 0 Å². The number of methoxy groups -OCH3 is 2. The van der Waals surface area contributed by atoms with Crippen LogP contribution in [0.15, 0.2) is 18.2 Å². The first kappa shape index (κ1) is 26.8. The van der Waals surface area contributed by atoms with Crippen molar-refractivity contribution in [1.82, 2.24) is 10.2 Å². The molecular weight excluding hydrogens is 465 g/mol. The minimum atomic E-state index is -4.66. The summed E-state index contributed by atoms with van der Waals surface area (Å²) >= 11 is 0. The van der Waals surface area contributed by atoms with Crippen LogP contribution in [-0.2, 0) is 25.2 Å². The number of alkyl halides is 3. The van der Waals surface area contributed by atoms with Crippen molar-refractivity contribution in [3.8, 4) is 6.07 Å². The molecule has 2 saturated heterocycles. The second-order valence-electron chi connectivity index (χ2n) is 9.04. The van der Waals surface area contributed by atoms with Crippen LogP contribution in [-0.4, -0.2) is 76.9 Å². The minimum absolute atomic E-state index is 0.0143. The monoisotopic (exact) mass is 496 g/mol. The van der Waals surface area contributed by atoms with Crippen LogP contribution in [0.1, 0.15) is 30.4 Å². The second-order valence-corrected chi connectivity index (χ2v) is 9.04. The van der Waals surface area contributed by atoms with Gasteiger partial charge in [0.05, 0.1) is 42.7 Å². The molecule has 192 valence electrons. The molecule has 3 rings (SSSR count). The number of ether oxygens (including phenoxy) is 2. The standard InChI is InChI=1S/C24H31F3N4O4/c1-34-11-5-21(32)30-9-6-23(7-10-30)16-31(15-20(23)22(33)29-8-12-35-2)18-4-3-17(14-28)19(13-18)24(25,26)27/h3-4,13,20H,5-12,15-16H2,1-2H3,(H,29,33). The predicted octanol–water partition coefficient (Wildman–Crippen LogP) is 2.42. The van der Waals surface area contributed by atoms with E-state index in [1.54, 1.807) is 15.9 Å². The first-order valence-electron chi connectivity index (χ1n) is 11.5. The quantitative estimate of drug-likeness (QED) is 0.556. The fourth-order valence-corrected chi connectivity index (χ4v) is 5.04. The number of rotatable bonds is 8. The van der Waals surface area contributed by atoms with Crippen molar-refractivity contribution >= 4 is 17.5 Å². The summed E-state index contributed by atoms with van der Waals surface area (Å²) in [6, 6.07) is 5.26. The number of nitrogens with zero attached hydrogens (tertiary/aromatic N) is 3. The number of amides is 2. The van der Waals surface area contributed by atoms with Crippen LogP contribution in [0, 0.1) is 22.7 Å². The lowest BCUT2D eigenvalue weighted by Crippen LogP contribution is -2.50. The average Bonchev–Trinajstić information content (AvgIpc) is 3.20. The maximum atomic E-state index is 13.5. The molecule has 1 N–H and O–H groups in total. The van der Waals surface area contributed by atoms with Gasteiger partial charge in [-0.15, -0.1) is 0 Å². The van der Waals surface area contributed by atoms with E-state index in [1.165, 1.54) is 26.4 Å². The molecule has 1 aromatic carbocycles. The fraction of sp³-hybridized carbons (Fsp3) is 0.625. The molecule has 2 fully saturated rings. The fourth-order valence-electron chi connectivity index (χ4n) is 5.04. The Kier molecular flexibility index (Phi) is 8.61. The van der Waals surface area contributed by atoms with E-state index in [1.807, 2.05) is 0 Å². The molecule has 0 bridgehead atoms. The van der Waals surface area contributed by atoms with Gasteiger partial charge in [0, 0.05) is 58.0 Å². The van der Waals surface area contributed by atoms with Gasteiger partial charge in [0.25, 0.3) is 0 Å². The van der Waals surface area contributed by atoms with Gasteiger partial charge in [-0.2, -0.15) is 18.4 Å². The van der Waals surface area contributed by atoms with Crippen molar-refractivity contribution in [2.45, 2.75) is 25.4 Å². The van der Waals surface area contributed by atoms with Crippen LogP contribution in [0.4, 0.5) is 18.9 Å². The van der Waals surface area contributed by atoms with Crippen LogP contribution < -0.4 is 10.2 Å². The zero-order valence-corrected chi connectivity index (χ0v) is 20.0. The molecule has 1 aromatic rings. The zero-order valence-electron chi connectivity index (χ0n) is 20.0. The smallest absolute Gasteiger partial charge is 0.384 e. The van der Waals surface area contributed by atoms with Crippen molar-refractivity contribution in [2.24, 2.45) is 11.3 Å². The summed E-state index contributed by atoms with van der Waals surface area (Å²) in [6.45, 7) is 2.59. The van der Waals surface area contributed by atoms with Gasteiger partial charge >= 0.3 is 6.18 Å². The summed E-state index contributed by atoms with van der Waals surface area (Å²) in [6.07, 6.45) is -3.26. The van der Waals surface area contributed by atoms with Crippen molar-refractivity contribution in [2.75, 3.05) is 65.1 Å². The highest BCUT2D eigenvalue weighted by molar-refractivity contribution is 5.81. The number of hydrogen-bond acceptors (Lipinski definition) is 6. The van der Waals surface area contributed by atoms with Crippen LogP contribution >= 0.6 is 0 Å². The van der Waals surface area contributed by atoms with E-state index in [0.717, 1.165) is 6.07 Å². The highest BCUT2D eigenvalue weighted by atomic mass is 19.4. The lowest BCUT2D eigenvalue weighted by molar-refractivity contribution is -0.138. The van der Waals surface area contributed by atoms with Gasteiger partial charge in [0.2, 0.25) is 11.8 Å². The third-order valence-electron chi connectivity index (χ3n) is 7.00. The van der Waals surface area contributed by atoms with E-state index in [2.05, 4.69) is 5.32 Å². The molecule has 2 aliphatic heterocycles. The molecule has 1 spiro atoms. The number of nitriles is 1. The van der Waals surface area contributed by atoms with E-state index < -0.39 is 28.6 Å². The van der Waals surface area contributed by atoms with Gasteiger partial charge in [-0.3, -0.25) is 9.59 Å². The maximum absolute atomic E-state index is 13.5. The second kappa shape index (κ2) is 11.3. The van der Waals surface area contributed by atoms with Crippen LogP contribution in [0.25, 0.3) is 0 Å². The van der Waals surface area contributed by atoms with E-state index in [4.69, 9.17) is 14.7 Å². The number of anilines is 1. The first-order chi connectivity index (χ1) is 16.6. The summed E-state index contributed by atoms with van der Waals surface area (Å²) in [7, 11) is 3.07. The van der Waals surface area contributed by atoms with Gasteiger partial charge < -0.3 is 24.6 Å². The van der Waals surface area contributed by atoms with Gasteiger partial charge in [-0.1, -0.05) is 0 Å². The lowest BCUT2D eigenvalue weighted by Gasteiger charge is -2.42. The Morgan fingerprint density at radius 3 is 2.49 bits per heavy atom. The van der Waals surface area contributed by atoms with Crippen LogP contribution in [0.5, 0.6) is 0 Å². The molecule has 0 radical (unpaired) electrons. The average molecular weight is 497 g/mol. The Hall–Kier alpha value is -2.84. The molecule has 0 aliphatic carbocycles. The van der Waals surface area contributed by atoms with Crippen molar-refractivity contribution in [1.29, 1.82) is 5.26 Å². The third kappa shape index (κ3) is 6.05. The summed E-state index contributed by atoms with van der Waals surface area (Å²) in [5.41, 5.74) is -1.59. The van der Waals surface area contributed by atoms with Crippen molar-refractivity contribution in [3.05, 3.63) is 29.3 Å². The number of piperidine rings is 1. The third-order valence-corrected chi connectivity index (χ3v) is 7.00. The van der Waals surface area contributed by atoms with E-state index in [0.29, 0.717) is 57.9 Å². The Balaban J connectivity index is 1.84. The number of carbonyl (C=O) groups excluding carboxylic acids is 2. The van der Waals surface area contributed by atoms with E-state index in [9.17, 15) is 22.8 Å². The largest absolute Gasteiger partial charge is 0.417 e. The topological polar surface area (TPSA) is 94.9 Å². The zero-order chi connectivity index (χ0) is 25.6. The summed E-state index contributed by atoms with van der Waals surface area (Å²) in [4.78, 5) is 29.1. The molecule has 2 amide bonds. The Labute approximate surface area is 202 Å². The normalized spacial score (nSPS) is 19.6. The van der Waals surface area contributed by atoms with Gasteiger partial charge in [0.15, 0.2) is 0 Å². The molecule has 1 unspecified atom stereocenters. The number of halogens is 3. The Morgan fingerprint density at radius 1 is 1.20 bits per heavy atom. The molecular formula is C24H31F3N4O4. The summed E-state index contributed by atoms with van der Waals surface area (Å²) in [5, 5.41) is 12.0. The Bertz CT molecular complexity index is 955. The predicted molar refractivity (Wildman–Crippen MR) is 121 cm³/mol. The molecule has 0 saturated carbocycles. The van der Waals surface area contributed by atoms with E-state index in [-0.39, 0.29) is 24.8 Å². The van der Waals surface area contributed by atoms with Crippen LogP contribution in [0.2, 0.25) is 0 Å². The van der Waals surface area contributed by atoms with Crippen molar-refractivity contribution in [3.63, 3.8) is 0 Å². The van der Waals surface area contributed by atoms with E-state index >= 15 is 0 Å². The number of hydrogen-bond donors (Lipinski definition) is 1. The molecule has 2 aliphatic rings. The van der Waals surface area contributed by atoms with Crippen molar-refractivity contribution < 1.29 is 32.2 Å². The number of benzene rings is 1. The van der Waals surface area contributed by atoms with Gasteiger partial charge in [-0.25, -0.2) is 0 Å². The number of likely N-dealkylation sites (tertiary alicyclic amines) is 1. The SMILES string of the molecule is COCCNC(=O)C1CN(c2ccc(C#N)c(C(F)(F)F)c2)CC12CCN(C(=O)CCOC)CC2. The minimum Gasteiger partial charge on any atom is -0.384 e. The molecule has 0 aromatic heterocycles.